The maximum absolute atomic E-state index is 6.03. The van der Waals surface area contributed by atoms with Crippen molar-refractivity contribution in [3.05, 3.63) is 5.38 Å². The summed E-state index contributed by atoms with van der Waals surface area (Å²) in [5.41, 5.74) is 0.273. The maximum atomic E-state index is 6.03. The van der Waals surface area contributed by atoms with Gasteiger partial charge in [-0.25, -0.2) is 4.98 Å². The quantitative estimate of drug-likeness (QED) is 0.871. The standard InChI is InChI=1S/C14H23BN2O2S/c1-13(2)14(3,4)19-15(18-13)11-9-20-12(17-11)16-10-7-5-6-8-10/h9-10H,5-8H2,1-4H3,(H,16,17). The molecule has 0 aromatic carbocycles. The Kier molecular flexibility index (Phi) is 3.59. The Bertz CT molecular complexity index is 467. The Balaban J connectivity index is 1.68. The minimum absolute atomic E-state index is 0.305. The molecule has 1 aromatic rings. The molecule has 3 rings (SSSR count). The average molecular weight is 294 g/mol. The summed E-state index contributed by atoms with van der Waals surface area (Å²) in [5.74, 6) is 0. The van der Waals surface area contributed by atoms with Gasteiger partial charge in [0.1, 0.15) is 0 Å². The van der Waals surface area contributed by atoms with Crippen LogP contribution in [0.25, 0.3) is 0 Å². The third-order valence-corrected chi connectivity index (χ3v) is 5.49. The molecule has 2 heterocycles. The first-order chi connectivity index (χ1) is 9.37. The van der Waals surface area contributed by atoms with Gasteiger partial charge in [0.15, 0.2) is 5.13 Å². The van der Waals surface area contributed by atoms with E-state index in [4.69, 9.17) is 9.31 Å². The van der Waals surface area contributed by atoms with Crippen molar-refractivity contribution in [3.8, 4) is 0 Å². The second kappa shape index (κ2) is 5.00. The van der Waals surface area contributed by atoms with Gasteiger partial charge in [0.2, 0.25) is 0 Å². The molecule has 0 unspecified atom stereocenters. The number of nitrogens with one attached hydrogen (secondary N) is 1. The van der Waals surface area contributed by atoms with Crippen molar-refractivity contribution in [3.63, 3.8) is 0 Å². The number of hydrogen-bond donors (Lipinski definition) is 1. The molecule has 0 radical (unpaired) electrons. The fourth-order valence-corrected chi connectivity index (χ4v) is 3.46. The second-order valence-corrected chi connectivity index (χ2v) is 7.65. The van der Waals surface area contributed by atoms with E-state index in [-0.39, 0.29) is 18.3 Å². The monoisotopic (exact) mass is 294 g/mol. The van der Waals surface area contributed by atoms with E-state index in [1.165, 1.54) is 25.7 Å². The summed E-state index contributed by atoms with van der Waals surface area (Å²) >= 11 is 1.64. The van der Waals surface area contributed by atoms with Gasteiger partial charge in [0, 0.05) is 11.4 Å². The number of thiazole rings is 1. The van der Waals surface area contributed by atoms with Crippen LogP contribution in [0.15, 0.2) is 5.38 Å². The lowest BCUT2D eigenvalue weighted by atomic mass is 9.86. The fourth-order valence-electron chi connectivity index (χ4n) is 2.67. The first-order valence-electron chi connectivity index (χ1n) is 7.45. The number of anilines is 1. The lowest BCUT2D eigenvalue weighted by Crippen LogP contribution is -2.41. The SMILES string of the molecule is CC1(C)OB(c2csc(NC3CCCC3)n2)OC1(C)C. The lowest BCUT2D eigenvalue weighted by Gasteiger charge is -2.32. The third kappa shape index (κ3) is 2.61. The molecule has 0 bridgehead atoms. The topological polar surface area (TPSA) is 43.4 Å². The predicted molar refractivity (Wildman–Crippen MR) is 83.7 cm³/mol. The second-order valence-electron chi connectivity index (χ2n) is 6.79. The molecule has 1 N–H and O–H groups in total. The average Bonchev–Trinajstić information content (AvgIpc) is 3.02. The molecule has 0 atom stereocenters. The van der Waals surface area contributed by atoms with Crippen molar-refractivity contribution in [2.45, 2.75) is 70.6 Å². The molecule has 4 nitrogen and oxygen atoms in total. The van der Waals surface area contributed by atoms with E-state index >= 15 is 0 Å². The van der Waals surface area contributed by atoms with Gasteiger partial charge >= 0.3 is 7.12 Å². The van der Waals surface area contributed by atoms with Crippen LogP contribution in [0.2, 0.25) is 0 Å². The van der Waals surface area contributed by atoms with Crippen LogP contribution in [0, 0.1) is 0 Å². The molecule has 1 saturated heterocycles. The van der Waals surface area contributed by atoms with Crippen LogP contribution >= 0.6 is 11.3 Å². The van der Waals surface area contributed by atoms with Crippen LogP contribution in [-0.4, -0.2) is 29.3 Å². The molecule has 2 fully saturated rings. The third-order valence-electron chi connectivity index (χ3n) is 4.70. The molecular weight excluding hydrogens is 271 g/mol. The minimum atomic E-state index is -0.352. The summed E-state index contributed by atoms with van der Waals surface area (Å²) in [7, 11) is -0.352. The van der Waals surface area contributed by atoms with Gasteiger partial charge in [-0.3, -0.25) is 0 Å². The van der Waals surface area contributed by atoms with Crippen LogP contribution in [0.5, 0.6) is 0 Å². The summed E-state index contributed by atoms with van der Waals surface area (Å²) in [4.78, 5) is 4.64. The molecule has 1 aromatic heterocycles. The highest BCUT2D eigenvalue weighted by atomic mass is 32.1. The molecule has 6 heteroatoms. The molecule has 1 saturated carbocycles. The zero-order valence-corrected chi connectivity index (χ0v) is 13.5. The number of rotatable bonds is 3. The number of hydrogen-bond acceptors (Lipinski definition) is 5. The van der Waals surface area contributed by atoms with E-state index in [1.807, 2.05) is 5.38 Å². The number of nitrogens with zero attached hydrogens (tertiary/aromatic N) is 1. The fraction of sp³-hybridized carbons (Fsp3) is 0.786. The van der Waals surface area contributed by atoms with Crippen molar-refractivity contribution in [1.29, 1.82) is 0 Å². The molecule has 110 valence electrons. The molecule has 1 aliphatic heterocycles. The van der Waals surface area contributed by atoms with Gasteiger partial charge in [-0.1, -0.05) is 12.8 Å². The van der Waals surface area contributed by atoms with Crippen molar-refractivity contribution in [2.24, 2.45) is 0 Å². The van der Waals surface area contributed by atoms with Crippen molar-refractivity contribution < 1.29 is 9.31 Å². The van der Waals surface area contributed by atoms with E-state index in [0.717, 1.165) is 10.7 Å². The van der Waals surface area contributed by atoms with E-state index in [0.29, 0.717) is 6.04 Å². The van der Waals surface area contributed by atoms with Crippen LogP contribution in [0.3, 0.4) is 0 Å². The summed E-state index contributed by atoms with van der Waals surface area (Å²) < 4.78 is 12.1. The Morgan fingerprint density at radius 1 is 1.20 bits per heavy atom. The van der Waals surface area contributed by atoms with Gasteiger partial charge in [-0.2, -0.15) is 0 Å². The highest BCUT2D eigenvalue weighted by Crippen LogP contribution is 2.36. The highest BCUT2D eigenvalue weighted by Gasteiger charge is 2.52. The van der Waals surface area contributed by atoms with Gasteiger partial charge in [-0.15, -0.1) is 11.3 Å². The predicted octanol–water partition coefficient (Wildman–Crippen LogP) is 2.80. The molecule has 2 aliphatic rings. The van der Waals surface area contributed by atoms with E-state index in [1.54, 1.807) is 11.3 Å². The Hall–Kier alpha value is -0.585. The molecular formula is C14H23BN2O2S. The molecule has 0 amide bonds. The minimum Gasteiger partial charge on any atom is -0.398 e. The summed E-state index contributed by atoms with van der Waals surface area (Å²) in [6, 6.07) is 0.590. The van der Waals surface area contributed by atoms with Crippen LogP contribution < -0.4 is 10.9 Å². The van der Waals surface area contributed by atoms with Crippen molar-refractivity contribution in [1.82, 2.24) is 4.98 Å². The maximum Gasteiger partial charge on any atom is 0.515 e. The van der Waals surface area contributed by atoms with Gasteiger partial charge in [0.25, 0.3) is 0 Å². The van der Waals surface area contributed by atoms with Crippen molar-refractivity contribution >= 4 is 29.2 Å². The van der Waals surface area contributed by atoms with Gasteiger partial charge in [0.05, 0.1) is 16.8 Å². The van der Waals surface area contributed by atoms with E-state index < -0.39 is 0 Å². The van der Waals surface area contributed by atoms with Crippen molar-refractivity contribution in [2.75, 3.05) is 5.32 Å². The smallest absolute Gasteiger partial charge is 0.398 e. The van der Waals surface area contributed by atoms with Gasteiger partial charge < -0.3 is 14.6 Å². The zero-order chi connectivity index (χ0) is 14.4. The molecule has 20 heavy (non-hydrogen) atoms. The van der Waals surface area contributed by atoms with Crippen LogP contribution in [0.4, 0.5) is 5.13 Å². The van der Waals surface area contributed by atoms with Crippen LogP contribution in [-0.2, 0) is 9.31 Å². The van der Waals surface area contributed by atoms with Crippen LogP contribution in [0.1, 0.15) is 53.4 Å². The Morgan fingerprint density at radius 3 is 2.40 bits per heavy atom. The van der Waals surface area contributed by atoms with Gasteiger partial charge in [-0.05, 0) is 40.5 Å². The molecule has 1 aliphatic carbocycles. The summed E-state index contributed by atoms with van der Waals surface area (Å²) in [5, 5.41) is 6.55. The van der Waals surface area contributed by atoms with E-state index in [2.05, 4.69) is 38.0 Å². The Morgan fingerprint density at radius 2 is 1.80 bits per heavy atom. The Labute approximate surface area is 125 Å². The molecule has 0 spiro atoms. The number of aromatic nitrogens is 1. The summed E-state index contributed by atoms with van der Waals surface area (Å²) in [6.07, 6.45) is 5.16. The zero-order valence-electron chi connectivity index (χ0n) is 12.7. The lowest BCUT2D eigenvalue weighted by molar-refractivity contribution is 0.00578. The normalized spacial score (nSPS) is 25.3. The van der Waals surface area contributed by atoms with E-state index in [9.17, 15) is 0 Å². The summed E-state index contributed by atoms with van der Waals surface area (Å²) in [6.45, 7) is 8.27. The highest BCUT2D eigenvalue weighted by molar-refractivity contribution is 7.14. The largest absolute Gasteiger partial charge is 0.515 e. The first-order valence-corrected chi connectivity index (χ1v) is 8.33. The first kappa shape index (κ1) is 14.4.